The van der Waals surface area contributed by atoms with E-state index in [4.69, 9.17) is 4.65 Å². The zero-order chi connectivity index (χ0) is 18.2. The van der Waals surface area contributed by atoms with Gasteiger partial charge in [-0.3, -0.25) is 0 Å². The maximum Gasteiger partial charge on any atom is 0.458 e. The van der Waals surface area contributed by atoms with E-state index in [2.05, 4.69) is 32.6 Å². The van der Waals surface area contributed by atoms with Crippen molar-refractivity contribution in [3.05, 3.63) is 59.2 Å². The van der Waals surface area contributed by atoms with Crippen molar-refractivity contribution in [3.8, 4) is 5.75 Å². The van der Waals surface area contributed by atoms with E-state index in [0.29, 0.717) is 6.32 Å². The Morgan fingerprint density at radius 1 is 1.28 bits per heavy atom. The van der Waals surface area contributed by atoms with Crippen molar-refractivity contribution in [2.75, 3.05) is 0 Å². The molecule has 3 nitrogen and oxygen atoms in total. The highest BCUT2D eigenvalue weighted by atomic mass is 16.5. The van der Waals surface area contributed by atoms with Crippen LogP contribution in [0, 0.1) is 0 Å². The van der Waals surface area contributed by atoms with Crippen molar-refractivity contribution in [2.45, 2.75) is 58.4 Å². The van der Waals surface area contributed by atoms with Crippen molar-refractivity contribution >= 4 is 13.2 Å². The Morgan fingerprint density at radius 2 is 2.00 bits per heavy atom. The van der Waals surface area contributed by atoms with Gasteiger partial charge in [-0.15, -0.1) is 0 Å². The third-order valence-corrected chi connectivity index (χ3v) is 4.61. The summed E-state index contributed by atoms with van der Waals surface area (Å²) in [5.41, 5.74) is 4.70. The van der Waals surface area contributed by atoms with Gasteiger partial charge in [-0.25, -0.2) is 0 Å². The van der Waals surface area contributed by atoms with Crippen LogP contribution in [-0.2, 0) is 4.65 Å². The maximum absolute atomic E-state index is 9.85. The van der Waals surface area contributed by atoms with Crippen LogP contribution in [0.15, 0.2) is 53.6 Å². The molecule has 0 fully saturated rings. The monoisotopic (exact) mass is 340 g/mol. The quantitative estimate of drug-likeness (QED) is 0.645. The van der Waals surface area contributed by atoms with Crippen LogP contribution < -0.4 is 0 Å². The number of allylic oxidation sites excluding steroid dienone is 2. The molecule has 1 heterocycles. The molecule has 0 bridgehead atoms. The molecule has 1 aliphatic heterocycles. The van der Waals surface area contributed by atoms with Crippen LogP contribution in [0.25, 0.3) is 6.08 Å². The number of hydrogen-bond acceptors (Lipinski definition) is 3. The second-order valence-electron chi connectivity index (χ2n) is 6.61. The van der Waals surface area contributed by atoms with E-state index in [1.165, 1.54) is 5.57 Å². The van der Waals surface area contributed by atoms with Gasteiger partial charge >= 0.3 is 7.12 Å². The fraction of sp³-hybridized carbons (Fsp3) is 0.429. The first-order valence-electron chi connectivity index (χ1n) is 9.23. The summed E-state index contributed by atoms with van der Waals surface area (Å²) < 4.78 is 5.78. The predicted molar refractivity (Wildman–Crippen MR) is 105 cm³/mol. The number of aromatic hydroxyl groups is 1. The minimum absolute atomic E-state index is 0.0868. The van der Waals surface area contributed by atoms with Gasteiger partial charge < -0.3 is 14.8 Å². The van der Waals surface area contributed by atoms with Crippen LogP contribution in [0.5, 0.6) is 5.75 Å². The summed E-state index contributed by atoms with van der Waals surface area (Å²) in [5, 5.41) is 19.3. The average molecular weight is 340 g/mol. The van der Waals surface area contributed by atoms with Gasteiger partial charge in [-0.1, -0.05) is 62.3 Å². The van der Waals surface area contributed by atoms with Crippen LogP contribution in [0.4, 0.5) is 0 Å². The molecule has 0 aromatic heterocycles. The molecule has 134 valence electrons. The Bertz CT molecular complexity index is 631. The fourth-order valence-corrected chi connectivity index (χ4v) is 3.19. The van der Waals surface area contributed by atoms with E-state index in [1.807, 2.05) is 12.1 Å². The van der Waals surface area contributed by atoms with Gasteiger partial charge in [-0.05, 0) is 49.0 Å². The van der Waals surface area contributed by atoms with Crippen LogP contribution in [0.2, 0.25) is 6.32 Å². The summed E-state index contributed by atoms with van der Waals surface area (Å²) >= 11 is 0. The largest absolute Gasteiger partial charge is 0.508 e. The Kier molecular flexibility index (Phi) is 7.54. The van der Waals surface area contributed by atoms with E-state index in [0.717, 1.165) is 48.8 Å². The molecule has 2 rings (SSSR count). The number of hydrogen-bond donors (Lipinski definition) is 2. The number of phenolic OH excluding ortho intramolecular Hbond substituents is 1. The Balaban J connectivity index is 2.08. The summed E-state index contributed by atoms with van der Waals surface area (Å²) in [5.74, 6) is 0.284. The van der Waals surface area contributed by atoms with Gasteiger partial charge in [0.2, 0.25) is 0 Å². The molecule has 25 heavy (non-hydrogen) atoms. The summed E-state index contributed by atoms with van der Waals surface area (Å²) in [6, 6.07) is 7.27. The molecular weight excluding hydrogens is 311 g/mol. The Hall–Kier alpha value is -1.78. The summed E-state index contributed by atoms with van der Waals surface area (Å²) in [4.78, 5) is 0. The first-order chi connectivity index (χ1) is 12.0. The first-order valence-corrected chi connectivity index (χ1v) is 9.23. The van der Waals surface area contributed by atoms with E-state index in [1.54, 1.807) is 12.1 Å². The van der Waals surface area contributed by atoms with Gasteiger partial charge in [0, 0.05) is 6.32 Å². The van der Waals surface area contributed by atoms with Crippen LogP contribution in [0.1, 0.15) is 51.5 Å². The summed E-state index contributed by atoms with van der Waals surface area (Å²) in [7, 11) is -0.714. The average Bonchev–Trinajstić information content (AvgIpc) is 2.61. The molecule has 0 spiro atoms. The van der Waals surface area contributed by atoms with E-state index >= 15 is 0 Å². The van der Waals surface area contributed by atoms with Crippen LogP contribution in [-0.4, -0.2) is 23.4 Å². The van der Waals surface area contributed by atoms with Crippen molar-refractivity contribution in [2.24, 2.45) is 0 Å². The second kappa shape index (κ2) is 9.64. The van der Waals surface area contributed by atoms with Crippen molar-refractivity contribution in [3.63, 3.8) is 0 Å². The van der Waals surface area contributed by atoms with E-state index < -0.39 is 7.12 Å². The zero-order valence-electron chi connectivity index (χ0n) is 15.4. The van der Waals surface area contributed by atoms with Crippen LogP contribution >= 0.6 is 0 Å². The first kappa shape index (κ1) is 19.5. The number of phenols is 1. The highest BCUT2D eigenvalue weighted by Gasteiger charge is 2.27. The lowest BCUT2D eigenvalue weighted by molar-refractivity contribution is 0.182. The molecule has 0 saturated carbocycles. The topological polar surface area (TPSA) is 49.7 Å². The summed E-state index contributed by atoms with van der Waals surface area (Å²) in [6.07, 6.45) is 9.49. The molecule has 0 aliphatic carbocycles. The second-order valence-corrected chi connectivity index (χ2v) is 6.61. The number of benzene rings is 1. The molecule has 1 aromatic rings. The van der Waals surface area contributed by atoms with Crippen molar-refractivity contribution < 1.29 is 14.8 Å². The Morgan fingerprint density at radius 3 is 2.64 bits per heavy atom. The molecule has 1 aliphatic rings. The fourth-order valence-electron chi connectivity index (χ4n) is 3.19. The van der Waals surface area contributed by atoms with E-state index in [-0.39, 0.29) is 11.9 Å². The molecule has 0 saturated heterocycles. The lowest BCUT2D eigenvalue weighted by Gasteiger charge is -2.28. The lowest BCUT2D eigenvalue weighted by Crippen LogP contribution is -2.31. The third kappa shape index (κ3) is 5.91. The van der Waals surface area contributed by atoms with Gasteiger partial charge in [0.05, 0.1) is 6.10 Å². The normalized spacial score (nSPS) is 18.2. The van der Waals surface area contributed by atoms with Gasteiger partial charge in [0.15, 0.2) is 0 Å². The third-order valence-electron chi connectivity index (χ3n) is 4.61. The molecule has 0 amide bonds. The van der Waals surface area contributed by atoms with E-state index in [9.17, 15) is 10.1 Å². The minimum atomic E-state index is -0.714. The highest BCUT2D eigenvalue weighted by Crippen LogP contribution is 2.29. The maximum atomic E-state index is 9.85. The van der Waals surface area contributed by atoms with Crippen LogP contribution in [0.3, 0.4) is 0 Å². The van der Waals surface area contributed by atoms with Gasteiger partial charge in [0.1, 0.15) is 5.75 Å². The molecule has 1 atom stereocenters. The van der Waals surface area contributed by atoms with Gasteiger partial charge in [0.25, 0.3) is 0 Å². The summed E-state index contributed by atoms with van der Waals surface area (Å²) in [6.45, 7) is 8.42. The molecule has 0 radical (unpaired) electrons. The molecular formula is C21H29BO3. The smallest absolute Gasteiger partial charge is 0.458 e. The SMILES string of the molecule is C=C(CC)C1=CCB(O)OC1CC/C(=C/c1ccc(O)cc1)CCC. The molecule has 4 heteroatoms. The highest BCUT2D eigenvalue weighted by molar-refractivity contribution is 6.43. The molecule has 1 unspecified atom stereocenters. The lowest BCUT2D eigenvalue weighted by atomic mass is 9.77. The predicted octanol–water partition coefficient (Wildman–Crippen LogP) is 5.13. The Labute approximate surface area is 151 Å². The van der Waals surface area contributed by atoms with Gasteiger partial charge in [-0.2, -0.15) is 0 Å². The molecule has 1 aromatic carbocycles. The standard InChI is InChI=1S/C21H29BO3/c1-4-6-17(15-18-7-10-19(23)11-8-18)9-12-21-20(16(3)5-2)13-14-22(24)25-21/h7-8,10-11,13,15,21,23-24H,3-6,9,12,14H2,1-2H3/b17-15+. The van der Waals surface area contributed by atoms with Crippen molar-refractivity contribution in [1.29, 1.82) is 0 Å². The minimum Gasteiger partial charge on any atom is -0.508 e. The number of rotatable bonds is 8. The van der Waals surface area contributed by atoms with Crippen molar-refractivity contribution in [1.82, 2.24) is 0 Å². The zero-order valence-corrected chi connectivity index (χ0v) is 15.4. The molecule has 2 N–H and O–H groups in total.